The highest BCUT2D eigenvalue weighted by atomic mass is 16.5. The van der Waals surface area contributed by atoms with Crippen LogP contribution in [0.1, 0.15) is 85.0 Å². The van der Waals surface area contributed by atoms with Gasteiger partial charge in [0.1, 0.15) is 0 Å². The van der Waals surface area contributed by atoms with Crippen molar-refractivity contribution in [1.82, 2.24) is 0 Å². The smallest absolute Gasteiger partial charge is 0.320 e. The molecule has 0 aromatic rings. The summed E-state index contributed by atoms with van der Waals surface area (Å²) in [7, 11) is 2.64. The minimum absolute atomic E-state index is 0.120. The maximum atomic E-state index is 12.2. The van der Waals surface area contributed by atoms with Crippen LogP contribution in [-0.4, -0.2) is 48.6 Å². The van der Waals surface area contributed by atoms with Gasteiger partial charge in [-0.3, -0.25) is 9.59 Å². The summed E-state index contributed by atoms with van der Waals surface area (Å²) in [4.78, 5) is 24.4. The average Bonchev–Trinajstić information content (AvgIpc) is 3.16. The van der Waals surface area contributed by atoms with Crippen LogP contribution < -0.4 is 0 Å². The first-order valence-corrected chi connectivity index (χ1v) is 13.6. The highest BCUT2D eigenvalue weighted by Crippen LogP contribution is 2.69. The summed E-state index contributed by atoms with van der Waals surface area (Å²) in [5, 5.41) is 22.2. The van der Waals surface area contributed by atoms with Gasteiger partial charge in [0, 0.05) is 0 Å². The molecule has 0 aliphatic heterocycles. The third kappa shape index (κ3) is 4.01. The van der Waals surface area contributed by atoms with Gasteiger partial charge in [-0.15, -0.1) is 0 Å². The molecular weight excluding hydrogens is 432 g/mol. The molecule has 0 saturated heterocycles. The Bertz CT molecular complexity index is 752. The topological polar surface area (TPSA) is 93.1 Å². The lowest BCUT2D eigenvalue weighted by Crippen LogP contribution is -2.62. The maximum Gasteiger partial charge on any atom is 0.320 e. The fourth-order valence-electron chi connectivity index (χ4n) is 9.52. The minimum Gasteiger partial charge on any atom is -0.468 e. The van der Waals surface area contributed by atoms with Crippen molar-refractivity contribution in [2.24, 2.45) is 52.3 Å². The van der Waals surface area contributed by atoms with Crippen LogP contribution in [0.25, 0.3) is 0 Å². The molecule has 0 spiro atoms. The Morgan fingerprint density at radius 2 is 1.53 bits per heavy atom. The van der Waals surface area contributed by atoms with Gasteiger partial charge in [-0.05, 0) is 104 Å². The van der Waals surface area contributed by atoms with Crippen LogP contribution in [0.5, 0.6) is 0 Å². The average molecular weight is 479 g/mol. The van der Waals surface area contributed by atoms with E-state index in [2.05, 4.69) is 20.8 Å². The van der Waals surface area contributed by atoms with Gasteiger partial charge in [-0.2, -0.15) is 0 Å². The monoisotopic (exact) mass is 478 g/mol. The first-order valence-electron chi connectivity index (χ1n) is 13.6. The molecule has 0 aromatic carbocycles. The van der Waals surface area contributed by atoms with Gasteiger partial charge in [0.15, 0.2) is 5.92 Å². The maximum absolute atomic E-state index is 12.2. The second-order valence-electron chi connectivity index (χ2n) is 12.4. The molecule has 0 bridgehead atoms. The number of hydrogen-bond donors (Lipinski definition) is 2. The van der Waals surface area contributed by atoms with Crippen LogP contribution in [0, 0.1) is 52.3 Å². The van der Waals surface area contributed by atoms with Gasteiger partial charge < -0.3 is 19.7 Å². The van der Waals surface area contributed by atoms with E-state index in [0.717, 1.165) is 57.8 Å². The molecule has 4 aliphatic carbocycles. The molecule has 0 aromatic heterocycles. The van der Waals surface area contributed by atoms with Crippen LogP contribution in [0.3, 0.4) is 0 Å². The number of carbonyl (C=O) groups is 2. The number of fused-ring (bicyclic) bond motifs is 5. The molecule has 0 heterocycles. The number of aliphatic hydroxyl groups is 2. The molecule has 4 fully saturated rings. The second kappa shape index (κ2) is 9.72. The predicted octanol–water partition coefficient (Wildman–Crippen LogP) is 4.36. The summed E-state index contributed by atoms with van der Waals surface area (Å²) in [5.41, 5.74) is 0.318. The summed E-state index contributed by atoms with van der Waals surface area (Å²) in [6, 6.07) is 0. The van der Waals surface area contributed by atoms with E-state index in [1.165, 1.54) is 14.2 Å². The number of aliphatic hydroxyl groups excluding tert-OH is 2. The number of methoxy groups -OCH3 is 2. The Morgan fingerprint density at radius 1 is 0.912 bits per heavy atom. The fourth-order valence-corrected chi connectivity index (χ4v) is 9.52. The molecule has 194 valence electrons. The van der Waals surface area contributed by atoms with Crippen LogP contribution in [-0.2, 0) is 19.1 Å². The third-order valence-corrected chi connectivity index (χ3v) is 11.4. The molecule has 4 rings (SSSR count). The minimum atomic E-state index is -0.855. The second-order valence-corrected chi connectivity index (χ2v) is 12.4. The van der Waals surface area contributed by atoms with Gasteiger partial charge in [0.25, 0.3) is 0 Å². The zero-order chi connectivity index (χ0) is 24.8. The predicted molar refractivity (Wildman–Crippen MR) is 129 cm³/mol. The van der Waals surface area contributed by atoms with E-state index in [9.17, 15) is 19.8 Å². The highest BCUT2D eigenvalue weighted by molar-refractivity contribution is 5.94. The van der Waals surface area contributed by atoms with Crippen molar-refractivity contribution in [2.75, 3.05) is 14.2 Å². The van der Waals surface area contributed by atoms with Crippen molar-refractivity contribution >= 4 is 11.9 Å². The number of hydrogen-bond acceptors (Lipinski definition) is 6. The molecule has 4 saturated carbocycles. The van der Waals surface area contributed by atoms with Crippen molar-refractivity contribution in [3.63, 3.8) is 0 Å². The zero-order valence-corrected chi connectivity index (χ0v) is 21.8. The largest absolute Gasteiger partial charge is 0.468 e. The molecule has 0 amide bonds. The van der Waals surface area contributed by atoms with Crippen LogP contribution >= 0.6 is 0 Å². The standard InChI is InChI=1S/C28H46O6/c1-6-18-22-15-17(29)11-13-28(22,3)21-12-14-27(2)16(8-10-20(27)23(21)24(18)30)7-9-19(25(31)33-4)26(32)34-5/h16-24,29-30H,6-15H2,1-5H3/t16?,17-,18-,20?,21?,22+,23?,24-,27-,28-/m1/s1. The van der Waals surface area contributed by atoms with E-state index < -0.39 is 17.9 Å². The lowest BCUT2D eigenvalue weighted by atomic mass is 9.41. The van der Waals surface area contributed by atoms with E-state index in [1.807, 2.05) is 0 Å². The molecule has 0 radical (unpaired) electrons. The number of carbonyl (C=O) groups excluding carboxylic acids is 2. The van der Waals surface area contributed by atoms with Crippen molar-refractivity contribution in [3.8, 4) is 0 Å². The number of esters is 2. The van der Waals surface area contributed by atoms with E-state index in [1.54, 1.807) is 0 Å². The lowest BCUT2D eigenvalue weighted by molar-refractivity contribution is -0.202. The van der Waals surface area contributed by atoms with E-state index >= 15 is 0 Å². The summed E-state index contributed by atoms with van der Waals surface area (Å²) in [5.74, 6) is 0.502. The summed E-state index contributed by atoms with van der Waals surface area (Å²) in [6.45, 7) is 7.07. The highest BCUT2D eigenvalue weighted by Gasteiger charge is 2.64. The SMILES string of the molecule is CC[C@H]1[C@@H](O)C2C3CCC(CCC(C(=O)OC)C(=O)OC)[C@@]3(C)CCC2[C@@]2(C)CC[C@@H](O)C[C@@H]12. The van der Waals surface area contributed by atoms with Crippen molar-refractivity contribution in [2.45, 2.75) is 97.2 Å². The Balaban J connectivity index is 1.55. The Hall–Kier alpha value is -1.14. The third-order valence-electron chi connectivity index (χ3n) is 11.4. The van der Waals surface area contributed by atoms with Crippen molar-refractivity contribution < 1.29 is 29.3 Å². The van der Waals surface area contributed by atoms with Crippen molar-refractivity contribution in [3.05, 3.63) is 0 Å². The van der Waals surface area contributed by atoms with Crippen LogP contribution in [0.2, 0.25) is 0 Å². The Morgan fingerprint density at radius 3 is 2.15 bits per heavy atom. The molecule has 4 unspecified atom stereocenters. The van der Waals surface area contributed by atoms with Gasteiger partial charge >= 0.3 is 11.9 Å². The Labute approximate surface area is 205 Å². The summed E-state index contributed by atoms with van der Waals surface area (Å²) < 4.78 is 9.74. The number of ether oxygens (including phenoxy) is 2. The molecular formula is C28H46O6. The first kappa shape index (κ1) is 25.9. The quantitative estimate of drug-likeness (QED) is 0.435. The zero-order valence-electron chi connectivity index (χ0n) is 21.8. The normalized spacial score (nSPS) is 45.8. The molecule has 10 atom stereocenters. The summed E-state index contributed by atoms with van der Waals surface area (Å²) >= 11 is 0. The fraction of sp³-hybridized carbons (Fsp3) is 0.929. The molecule has 34 heavy (non-hydrogen) atoms. The van der Waals surface area contributed by atoms with Crippen LogP contribution in [0.4, 0.5) is 0 Å². The Kier molecular flexibility index (Phi) is 7.42. The molecule has 2 N–H and O–H groups in total. The van der Waals surface area contributed by atoms with E-state index in [4.69, 9.17) is 9.47 Å². The van der Waals surface area contributed by atoms with Gasteiger partial charge in [-0.25, -0.2) is 0 Å². The number of rotatable bonds is 6. The van der Waals surface area contributed by atoms with Gasteiger partial charge in [-0.1, -0.05) is 27.2 Å². The molecule has 6 nitrogen and oxygen atoms in total. The summed E-state index contributed by atoms with van der Waals surface area (Å²) in [6.07, 6.45) is 8.94. The van der Waals surface area contributed by atoms with Gasteiger partial charge in [0.05, 0.1) is 26.4 Å². The van der Waals surface area contributed by atoms with E-state index in [-0.39, 0.29) is 29.0 Å². The van der Waals surface area contributed by atoms with E-state index in [0.29, 0.717) is 36.0 Å². The van der Waals surface area contributed by atoms with Crippen molar-refractivity contribution in [1.29, 1.82) is 0 Å². The van der Waals surface area contributed by atoms with Gasteiger partial charge in [0.2, 0.25) is 0 Å². The molecule has 4 aliphatic rings. The van der Waals surface area contributed by atoms with Crippen LogP contribution in [0.15, 0.2) is 0 Å². The lowest BCUT2D eigenvalue weighted by Gasteiger charge is -2.64. The first-order chi connectivity index (χ1) is 16.1. The molecule has 6 heteroatoms.